The van der Waals surface area contributed by atoms with E-state index >= 15 is 0 Å². The molecule has 1 amide bonds. The minimum absolute atomic E-state index is 0.0500. The van der Waals surface area contributed by atoms with Gasteiger partial charge in [-0.3, -0.25) is 15.0 Å². The minimum Gasteiger partial charge on any atom is -0.462 e. The van der Waals surface area contributed by atoms with Crippen molar-refractivity contribution >= 4 is 43.3 Å². The van der Waals surface area contributed by atoms with Gasteiger partial charge in [0.25, 0.3) is 5.69 Å². The lowest BCUT2D eigenvalue weighted by Gasteiger charge is -2.23. The standard InChI is InChI=1S/C24H26FN2O6PS/c1-6-19(25)18(15(5)34)13-26(24(29)33-8-3)22-20(23(28)32-7-2)14(4)21(35-22)16-9-11-17(12-10-16)27(30)31/h6,9-12H,1,5,7-8,13,34H2,2-4H3/b19-18+. The third-order valence-corrected chi connectivity index (χ3v) is 6.57. The molecule has 0 aliphatic carbocycles. The maximum atomic E-state index is 14.6. The van der Waals surface area contributed by atoms with E-state index in [0.717, 1.165) is 22.3 Å². The summed E-state index contributed by atoms with van der Waals surface area (Å²) in [6, 6.07) is 5.80. The summed E-state index contributed by atoms with van der Waals surface area (Å²) in [7, 11) is 2.29. The maximum Gasteiger partial charge on any atom is 0.415 e. The number of nitro groups is 1. The number of non-ortho nitro benzene ring substituents is 1. The van der Waals surface area contributed by atoms with Crippen molar-refractivity contribution in [3.05, 3.63) is 81.5 Å². The summed E-state index contributed by atoms with van der Waals surface area (Å²) >= 11 is 1.09. The number of allylic oxidation sites excluding steroid dienone is 2. The van der Waals surface area contributed by atoms with Crippen molar-refractivity contribution in [1.82, 2.24) is 0 Å². The molecule has 0 saturated heterocycles. The molecule has 8 nitrogen and oxygen atoms in total. The van der Waals surface area contributed by atoms with Gasteiger partial charge in [0.2, 0.25) is 0 Å². The lowest BCUT2D eigenvalue weighted by Crippen LogP contribution is -2.34. The van der Waals surface area contributed by atoms with Gasteiger partial charge >= 0.3 is 12.1 Å². The van der Waals surface area contributed by atoms with Gasteiger partial charge in [0, 0.05) is 22.6 Å². The fourth-order valence-corrected chi connectivity index (χ4v) is 4.69. The molecular formula is C24H26FN2O6PS. The average molecular weight is 521 g/mol. The van der Waals surface area contributed by atoms with Gasteiger partial charge in [-0.2, -0.15) is 0 Å². The molecule has 0 radical (unpaired) electrons. The number of carbonyl (C=O) groups excluding carboxylic acids is 2. The normalized spacial score (nSPS) is 11.3. The molecule has 2 aromatic rings. The summed E-state index contributed by atoms with van der Waals surface area (Å²) in [5.41, 5.74) is 1.21. The second-order valence-corrected chi connectivity index (χ2v) is 8.80. The Morgan fingerprint density at radius 1 is 1.23 bits per heavy atom. The number of rotatable bonds is 10. The van der Waals surface area contributed by atoms with Gasteiger partial charge < -0.3 is 9.47 Å². The fourth-order valence-electron chi connectivity index (χ4n) is 3.17. The Hall–Kier alpha value is -3.36. The smallest absolute Gasteiger partial charge is 0.415 e. The summed E-state index contributed by atoms with van der Waals surface area (Å²) in [4.78, 5) is 38.2. The second-order valence-electron chi connectivity index (χ2n) is 7.10. The molecule has 0 aliphatic heterocycles. The van der Waals surface area contributed by atoms with Crippen LogP contribution in [0.25, 0.3) is 10.4 Å². The highest BCUT2D eigenvalue weighted by Gasteiger charge is 2.31. The number of anilines is 1. The molecule has 1 atom stereocenters. The number of hydrogen-bond donors (Lipinski definition) is 0. The van der Waals surface area contributed by atoms with E-state index in [1.165, 1.54) is 12.1 Å². The predicted octanol–water partition coefficient (Wildman–Crippen LogP) is 6.57. The lowest BCUT2D eigenvalue weighted by molar-refractivity contribution is -0.384. The molecule has 1 unspecified atom stereocenters. The summed E-state index contributed by atoms with van der Waals surface area (Å²) in [6.07, 6.45) is 0.206. The van der Waals surface area contributed by atoms with Crippen LogP contribution >= 0.6 is 20.6 Å². The van der Waals surface area contributed by atoms with Crippen molar-refractivity contribution < 1.29 is 28.4 Å². The fraction of sp³-hybridized carbons (Fsp3) is 0.250. The average Bonchev–Trinajstić information content (AvgIpc) is 3.15. The monoisotopic (exact) mass is 520 g/mol. The molecule has 0 aliphatic rings. The van der Waals surface area contributed by atoms with Crippen LogP contribution in [0.1, 0.15) is 29.8 Å². The Morgan fingerprint density at radius 2 is 1.83 bits per heavy atom. The van der Waals surface area contributed by atoms with Crippen molar-refractivity contribution in [3.8, 4) is 10.4 Å². The zero-order valence-electron chi connectivity index (χ0n) is 19.6. The first-order chi connectivity index (χ1) is 16.6. The highest BCUT2D eigenvalue weighted by molar-refractivity contribution is 7.23. The minimum atomic E-state index is -0.796. The molecule has 1 aromatic heterocycles. The van der Waals surface area contributed by atoms with E-state index < -0.39 is 22.8 Å². The number of carbonyl (C=O) groups is 2. The summed E-state index contributed by atoms with van der Waals surface area (Å²) < 4.78 is 25.0. The van der Waals surface area contributed by atoms with Crippen LogP contribution in [-0.2, 0) is 9.47 Å². The Morgan fingerprint density at radius 3 is 2.31 bits per heavy atom. The SMILES string of the molecule is C=C/C(F)=C(/CN(C(=O)OCC)c1sc(-c2ccc([N+](=O)[O-])cc2)c(C)c1C(=O)OCC)C(=C)P. The van der Waals surface area contributed by atoms with Crippen LogP contribution in [0.5, 0.6) is 0 Å². The van der Waals surface area contributed by atoms with E-state index in [-0.39, 0.29) is 41.6 Å². The van der Waals surface area contributed by atoms with E-state index in [9.17, 15) is 24.1 Å². The molecule has 186 valence electrons. The van der Waals surface area contributed by atoms with Crippen LogP contribution in [0.3, 0.4) is 0 Å². The summed E-state index contributed by atoms with van der Waals surface area (Å²) in [5, 5.41) is 11.5. The number of ether oxygens (including phenoxy) is 2. The zero-order chi connectivity index (χ0) is 26.3. The number of nitro benzene ring substituents is 1. The Balaban J connectivity index is 2.77. The van der Waals surface area contributed by atoms with Crippen molar-refractivity contribution in [2.45, 2.75) is 20.8 Å². The zero-order valence-corrected chi connectivity index (χ0v) is 21.6. The number of halogens is 1. The van der Waals surface area contributed by atoms with E-state index in [2.05, 4.69) is 22.4 Å². The van der Waals surface area contributed by atoms with Crippen LogP contribution in [-0.4, -0.2) is 36.7 Å². The second kappa shape index (κ2) is 12.4. The van der Waals surface area contributed by atoms with Crippen LogP contribution in [0.2, 0.25) is 0 Å². The quantitative estimate of drug-likeness (QED) is 0.116. The molecule has 2 rings (SSSR count). The maximum absolute atomic E-state index is 14.6. The third-order valence-electron chi connectivity index (χ3n) is 4.85. The molecule has 1 aromatic carbocycles. The number of hydrogen-bond acceptors (Lipinski definition) is 7. The van der Waals surface area contributed by atoms with E-state index in [0.29, 0.717) is 21.3 Å². The molecule has 0 fully saturated rings. The molecule has 35 heavy (non-hydrogen) atoms. The lowest BCUT2D eigenvalue weighted by atomic mass is 10.1. The molecule has 0 spiro atoms. The van der Waals surface area contributed by atoms with Crippen molar-refractivity contribution in [1.29, 1.82) is 0 Å². The number of nitrogens with zero attached hydrogens (tertiary/aromatic N) is 2. The predicted molar refractivity (Wildman–Crippen MR) is 139 cm³/mol. The molecule has 0 N–H and O–H groups in total. The van der Waals surface area contributed by atoms with Crippen LogP contribution in [0, 0.1) is 17.0 Å². The van der Waals surface area contributed by atoms with Gasteiger partial charge in [-0.25, -0.2) is 14.0 Å². The highest BCUT2D eigenvalue weighted by Crippen LogP contribution is 2.43. The molecule has 0 saturated carbocycles. The molecule has 11 heteroatoms. The number of amides is 1. The summed E-state index contributed by atoms with van der Waals surface area (Å²) in [6.45, 7) is 12.0. The van der Waals surface area contributed by atoms with E-state index in [4.69, 9.17) is 9.47 Å². The molecule has 0 bridgehead atoms. The van der Waals surface area contributed by atoms with Gasteiger partial charge in [0.1, 0.15) is 10.8 Å². The van der Waals surface area contributed by atoms with Crippen molar-refractivity contribution in [3.63, 3.8) is 0 Å². The van der Waals surface area contributed by atoms with Gasteiger partial charge in [-0.15, -0.1) is 20.6 Å². The van der Waals surface area contributed by atoms with Crippen LogP contribution in [0.15, 0.2) is 60.2 Å². The first kappa shape index (κ1) is 27.9. The topological polar surface area (TPSA) is 99.0 Å². The molecular weight excluding hydrogens is 494 g/mol. The van der Waals surface area contributed by atoms with E-state index in [1.807, 2.05) is 0 Å². The van der Waals surface area contributed by atoms with Gasteiger partial charge in [0.15, 0.2) is 0 Å². The van der Waals surface area contributed by atoms with Crippen molar-refractivity contribution in [2.24, 2.45) is 0 Å². The third kappa shape index (κ3) is 6.41. The van der Waals surface area contributed by atoms with Crippen molar-refractivity contribution in [2.75, 3.05) is 24.7 Å². The molecule has 1 heterocycles. The van der Waals surface area contributed by atoms with Gasteiger partial charge in [-0.05, 0) is 55.4 Å². The van der Waals surface area contributed by atoms with E-state index in [1.54, 1.807) is 32.9 Å². The Kier molecular flexibility index (Phi) is 9.86. The Bertz CT molecular complexity index is 1190. The largest absolute Gasteiger partial charge is 0.462 e. The Labute approximate surface area is 209 Å². The highest BCUT2D eigenvalue weighted by atomic mass is 32.1. The van der Waals surface area contributed by atoms with Crippen LogP contribution in [0.4, 0.5) is 19.9 Å². The van der Waals surface area contributed by atoms with Gasteiger partial charge in [0.05, 0.1) is 30.2 Å². The first-order valence-electron chi connectivity index (χ1n) is 10.5. The number of thiophene rings is 1. The van der Waals surface area contributed by atoms with Gasteiger partial charge in [-0.1, -0.05) is 13.2 Å². The summed E-state index contributed by atoms with van der Waals surface area (Å²) in [5.74, 6) is -1.35. The first-order valence-corrected chi connectivity index (χ1v) is 11.9. The number of benzene rings is 1. The number of esters is 1. The van der Waals surface area contributed by atoms with Crippen LogP contribution < -0.4 is 4.90 Å².